The van der Waals surface area contributed by atoms with Gasteiger partial charge in [0, 0.05) is 0 Å². The topological polar surface area (TPSA) is 30.2 Å². The van der Waals surface area contributed by atoms with Gasteiger partial charge < -0.3 is 4.42 Å². The second-order valence-corrected chi connectivity index (χ2v) is 3.75. The van der Waals surface area contributed by atoms with Crippen LogP contribution in [0.2, 0.25) is 0 Å². The Bertz CT molecular complexity index is 528. The van der Waals surface area contributed by atoms with Crippen molar-refractivity contribution >= 4 is 21.7 Å². The van der Waals surface area contributed by atoms with Crippen LogP contribution in [0.15, 0.2) is 39.6 Å². The van der Waals surface area contributed by atoms with E-state index in [0.29, 0.717) is 0 Å². The van der Waals surface area contributed by atoms with E-state index >= 15 is 0 Å². The molecule has 2 rings (SSSR count). The lowest BCUT2D eigenvalue weighted by Gasteiger charge is -2.02. The van der Waals surface area contributed by atoms with E-state index in [9.17, 15) is 13.6 Å². The quantitative estimate of drug-likeness (QED) is 0.791. The number of hydrogen-bond acceptors (Lipinski definition) is 2. The molecule has 2 aromatic rings. The van der Waals surface area contributed by atoms with Crippen LogP contribution >= 0.6 is 15.9 Å². The van der Waals surface area contributed by atoms with Crippen LogP contribution in [0.4, 0.5) is 8.78 Å². The molecule has 0 unspecified atom stereocenters. The number of carbonyl (C=O) groups is 1. The fourth-order valence-corrected chi connectivity index (χ4v) is 1.73. The van der Waals surface area contributed by atoms with Gasteiger partial charge in [-0.3, -0.25) is 4.79 Å². The van der Waals surface area contributed by atoms with Crippen LogP contribution in [0.1, 0.15) is 15.9 Å². The Morgan fingerprint density at radius 1 is 1.19 bits per heavy atom. The van der Waals surface area contributed by atoms with Crippen molar-refractivity contribution in [3.63, 3.8) is 0 Å². The predicted molar refractivity (Wildman–Crippen MR) is 56.2 cm³/mol. The van der Waals surface area contributed by atoms with E-state index in [0.717, 1.165) is 12.1 Å². The van der Waals surface area contributed by atoms with Crippen LogP contribution in [-0.2, 0) is 0 Å². The van der Waals surface area contributed by atoms with Crippen LogP contribution in [0.25, 0.3) is 0 Å². The van der Waals surface area contributed by atoms with E-state index in [2.05, 4.69) is 15.9 Å². The molecular weight excluding hydrogens is 282 g/mol. The first kappa shape index (κ1) is 11.0. The number of hydrogen-bond donors (Lipinski definition) is 0. The molecule has 0 atom stereocenters. The zero-order chi connectivity index (χ0) is 11.7. The van der Waals surface area contributed by atoms with Crippen molar-refractivity contribution in [1.29, 1.82) is 0 Å². The summed E-state index contributed by atoms with van der Waals surface area (Å²) < 4.78 is 31.6. The highest BCUT2D eigenvalue weighted by Crippen LogP contribution is 2.23. The fourth-order valence-electron chi connectivity index (χ4n) is 1.31. The molecule has 2 nitrogen and oxygen atoms in total. The van der Waals surface area contributed by atoms with Gasteiger partial charge in [-0.25, -0.2) is 8.78 Å². The molecular formula is C11H5BrF2O2. The average Bonchev–Trinajstić information content (AvgIpc) is 2.64. The number of carbonyl (C=O) groups excluding carboxylic acids is 1. The van der Waals surface area contributed by atoms with Crippen molar-refractivity contribution in [3.8, 4) is 0 Å². The third kappa shape index (κ3) is 1.78. The van der Waals surface area contributed by atoms with Crippen molar-refractivity contribution in [2.24, 2.45) is 0 Å². The molecule has 1 aromatic heterocycles. The SMILES string of the molecule is O=C(c1ccoc1Br)c1c(F)cccc1F. The Labute approximate surface area is 98.0 Å². The van der Waals surface area contributed by atoms with Gasteiger partial charge in [0.05, 0.1) is 17.4 Å². The van der Waals surface area contributed by atoms with E-state index in [1.54, 1.807) is 0 Å². The van der Waals surface area contributed by atoms with E-state index in [1.165, 1.54) is 18.4 Å². The average molecular weight is 287 g/mol. The van der Waals surface area contributed by atoms with Crippen LogP contribution in [-0.4, -0.2) is 5.78 Å². The second kappa shape index (κ2) is 4.17. The summed E-state index contributed by atoms with van der Waals surface area (Å²) in [5.74, 6) is -2.53. The van der Waals surface area contributed by atoms with Gasteiger partial charge >= 0.3 is 0 Å². The fraction of sp³-hybridized carbons (Fsp3) is 0. The molecule has 0 saturated heterocycles. The van der Waals surface area contributed by atoms with Crippen molar-refractivity contribution in [3.05, 3.63) is 58.0 Å². The van der Waals surface area contributed by atoms with Gasteiger partial charge in [-0.2, -0.15) is 0 Å². The van der Waals surface area contributed by atoms with Crippen LogP contribution in [0, 0.1) is 11.6 Å². The summed E-state index contributed by atoms with van der Waals surface area (Å²) in [6.07, 6.45) is 1.26. The number of halogens is 3. The van der Waals surface area contributed by atoms with E-state index in [-0.39, 0.29) is 10.2 Å². The van der Waals surface area contributed by atoms with Gasteiger partial charge in [-0.1, -0.05) is 6.07 Å². The molecule has 0 bridgehead atoms. The summed E-state index contributed by atoms with van der Waals surface area (Å²) in [4.78, 5) is 11.8. The Balaban J connectivity index is 2.54. The lowest BCUT2D eigenvalue weighted by atomic mass is 10.1. The summed E-state index contributed by atoms with van der Waals surface area (Å²) in [6.45, 7) is 0. The zero-order valence-corrected chi connectivity index (χ0v) is 9.42. The van der Waals surface area contributed by atoms with Gasteiger partial charge in [0.2, 0.25) is 5.78 Å². The molecule has 0 saturated carbocycles. The number of rotatable bonds is 2. The molecule has 0 aliphatic carbocycles. The van der Waals surface area contributed by atoms with Crippen molar-refractivity contribution in [1.82, 2.24) is 0 Å². The summed E-state index contributed by atoms with van der Waals surface area (Å²) in [5, 5.41) is 0. The lowest BCUT2D eigenvalue weighted by molar-refractivity contribution is 0.102. The molecule has 0 N–H and O–H groups in total. The molecule has 5 heteroatoms. The molecule has 0 amide bonds. The van der Waals surface area contributed by atoms with Crippen LogP contribution in [0.5, 0.6) is 0 Å². The van der Waals surface area contributed by atoms with Gasteiger partial charge in [-0.05, 0) is 34.1 Å². The minimum atomic E-state index is -0.891. The monoisotopic (exact) mass is 286 g/mol. The molecule has 16 heavy (non-hydrogen) atoms. The molecule has 0 fully saturated rings. The molecule has 1 aromatic carbocycles. The number of benzene rings is 1. The molecule has 0 aliphatic heterocycles. The summed E-state index contributed by atoms with van der Waals surface area (Å²) in [5.41, 5.74) is -0.492. The molecule has 0 aliphatic rings. The van der Waals surface area contributed by atoms with E-state index in [4.69, 9.17) is 4.42 Å². The molecule has 1 heterocycles. The number of ketones is 1. The van der Waals surface area contributed by atoms with Gasteiger partial charge in [0.1, 0.15) is 11.6 Å². The Morgan fingerprint density at radius 3 is 2.31 bits per heavy atom. The van der Waals surface area contributed by atoms with Gasteiger partial charge in [0.15, 0.2) is 4.67 Å². The third-order valence-corrected chi connectivity index (χ3v) is 2.67. The van der Waals surface area contributed by atoms with Crippen LogP contribution in [0.3, 0.4) is 0 Å². The second-order valence-electron chi connectivity index (χ2n) is 3.03. The van der Waals surface area contributed by atoms with Gasteiger partial charge in [-0.15, -0.1) is 0 Å². The normalized spacial score (nSPS) is 10.4. The molecule has 0 spiro atoms. The minimum Gasteiger partial charge on any atom is -0.457 e. The van der Waals surface area contributed by atoms with Gasteiger partial charge in [0.25, 0.3) is 0 Å². The number of furan rings is 1. The van der Waals surface area contributed by atoms with E-state index in [1.807, 2.05) is 0 Å². The van der Waals surface area contributed by atoms with E-state index < -0.39 is 23.0 Å². The molecule has 82 valence electrons. The van der Waals surface area contributed by atoms with Crippen molar-refractivity contribution in [2.75, 3.05) is 0 Å². The Hall–Kier alpha value is -1.49. The van der Waals surface area contributed by atoms with Crippen molar-refractivity contribution in [2.45, 2.75) is 0 Å². The first-order chi connectivity index (χ1) is 7.61. The molecule has 0 radical (unpaired) electrons. The zero-order valence-electron chi connectivity index (χ0n) is 7.84. The highest BCUT2D eigenvalue weighted by Gasteiger charge is 2.21. The highest BCUT2D eigenvalue weighted by atomic mass is 79.9. The maximum atomic E-state index is 13.3. The van der Waals surface area contributed by atoms with Crippen molar-refractivity contribution < 1.29 is 18.0 Å². The highest BCUT2D eigenvalue weighted by molar-refractivity contribution is 9.10. The first-order valence-corrected chi connectivity index (χ1v) is 5.12. The standard InChI is InChI=1S/C11H5BrF2O2/c12-11-6(4-5-16-11)10(15)9-7(13)2-1-3-8(9)14/h1-5H. The maximum Gasteiger partial charge on any atom is 0.203 e. The minimum absolute atomic E-state index is 0.0870. The van der Waals surface area contributed by atoms with Crippen LogP contribution < -0.4 is 0 Å². The maximum absolute atomic E-state index is 13.3. The largest absolute Gasteiger partial charge is 0.457 e. The summed E-state index contributed by atoms with van der Waals surface area (Å²) >= 11 is 2.98. The first-order valence-electron chi connectivity index (χ1n) is 4.33. The Morgan fingerprint density at radius 2 is 1.81 bits per heavy atom. The predicted octanol–water partition coefficient (Wildman–Crippen LogP) is 3.55. The third-order valence-electron chi connectivity index (χ3n) is 2.05. The smallest absolute Gasteiger partial charge is 0.203 e. The lowest BCUT2D eigenvalue weighted by Crippen LogP contribution is -2.06. The Kier molecular flexibility index (Phi) is 2.87. The summed E-state index contributed by atoms with van der Waals surface area (Å²) in [6, 6.07) is 4.61. The summed E-state index contributed by atoms with van der Waals surface area (Å²) in [7, 11) is 0.